The van der Waals surface area contributed by atoms with E-state index < -0.39 is 5.82 Å². The molecule has 2 rings (SSSR count). The molecule has 0 aliphatic heterocycles. The van der Waals surface area contributed by atoms with Crippen LogP contribution in [0.5, 0.6) is 0 Å². The van der Waals surface area contributed by atoms with Gasteiger partial charge in [0.2, 0.25) is 5.91 Å². The lowest BCUT2D eigenvalue weighted by molar-refractivity contribution is -0.116. The van der Waals surface area contributed by atoms with Crippen molar-refractivity contribution in [2.75, 3.05) is 18.0 Å². The van der Waals surface area contributed by atoms with Crippen LogP contribution >= 0.6 is 0 Å². The Hall–Kier alpha value is -2.69. The molecule has 4 nitrogen and oxygen atoms in total. The van der Waals surface area contributed by atoms with Crippen molar-refractivity contribution >= 4 is 17.5 Å². The first-order valence-corrected chi connectivity index (χ1v) is 7.36. The molecule has 5 heteroatoms. The molecule has 0 aliphatic rings. The van der Waals surface area contributed by atoms with Gasteiger partial charge in [-0.25, -0.2) is 4.39 Å². The molecule has 0 heterocycles. The zero-order valence-corrected chi connectivity index (χ0v) is 13.2. The molecular formula is C18H19FN2O2. The fourth-order valence-corrected chi connectivity index (χ4v) is 2.28. The molecule has 2 aromatic carbocycles. The highest BCUT2D eigenvalue weighted by Crippen LogP contribution is 2.15. The summed E-state index contributed by atoms with van der Waals surface area (Å²) in [5, 5.41) is 2.77. The number of carbonyl (C=O) groups is 2. The molecule has 2 aromatic rings. The van der Waals surface area contributed by atoms with Crippen LogP contribution in [-0.2, 0) is 4.79 Å². The topological polar surface area (TPSA) is 49.4 Å². The molecule has 0 unspecified atom stereocenters. The maximum Gasteiger partial charge on any atom is 0.251 e. The van der Waals surface area contributed by atoms with E-state index in [9.17, 15) is 14.0 Å². The standard InChI is InChI=1S/C18H19FN2O2/c1-13-5-3-6-15(11-13)18(23)20-9-10-21(14(2)22)17-8-4-7-16(19)12-17/h3-8,11-12H,9-10H2,1-2H3,(H,20,23). The number of aryl methyl sites for hydroxylation is 1. The molecule has 0 aromatic heterocycles. The second kappa shape index (κ2) is 7.54. The smallest absolute Gasteiger partial charge is 0.251 e. The number of nitrogens with zero attached hydrogens (tertiary/aromatic N) is 1. The van der Waals surface area contributed by atoms with Gasteiger partial charge in [0.25, 0.3) is 5.91 Å². The molecule has 0 bridgehead atoms. The number of benzene rings is 2. The summed E-state index contributed by atoms with van der Waals surface area (Å²) in [6.45, 7) is 3.88. The predicted octanol–water partition coefficient (Wildman–Crippen LogP) is 2.92. The van der Waals surface area contributed by atoms with E-state index in [4.69, 9.17) is 0 Å². The Bertz CT molecular complexity index is 716. The molecule has 0 radical (unpaired) electrons. The summed E-state index contributed by atoms with van der Waals surface area (Å²) >= 11 is 0. The lowest BCUT2D eigenvalue weighted by Crippen LogP contribution is -2.37. The van der Waals surface area contributed by atoms with E-state index in [1.165, 1.54) is 24.0 Å². The molecule has 0 aliphatic carbocycles. The summed E-state index contributed by atoms with van der Waals surface area (Å²) < 4.78 is 13.3. The van der Waals surface area contributed by atoms with E-state index in [2.05, 4.69) is 5.32 Å². The second-order valence-corrected chi connectivity index (χ2v) is 5.28. The van der Waals surface area contributed by atoms with E-state index in [1.807, 2.05) is 19.1 Å². The van der Waals surface area contributed by atoms with Crippen LogP contribution in [0.2, 0.25) is 0 Å². The molecule has 0 fully saturated rings. The maximum atomic E-state index is 13.3. The van der Waals surface area contributed by atoms with E-state index in [1.54, 1.807) is 24.3 Å². The lowest BCUT2D eigenvalue weighted by Gasteiger charge is -2.21. The van der Waals surface area contributed by atoms with Crippen LogP contribution in [0.3, 0.4) is 0 Å². The highest BCUT2D eigenvalue weighted by atomic mass is 19.1. The van der Waals surface area contributed by atoms with Gasteiger partial charge in [-0.15, -0.1) is 0 Å². The van der Waals surface area contributed by atoms with Crippen molar-refractivity contribution in [1.29, 1.82) is 0 Å². The van der Waals surface area contributed by atoms with E-state index in [-0.39, 0.29) is 24.9 Å². The fourth-order valence-electron chi connectivity index (χ4n) is 2.28. The van der Waals surface area contributed by atoms with Gasteiger partial charge in [0.05, 0.1) is 0 Å². The summed E-state index contributed by atoms with van der Waals surface area (Å²) in [5.41, 5.74) is 2.05. The van der Waals surface area contributed by atoms with Gasteiger partial charge in [-0.2, -0.15) is 0 Å². The van der Waals surface area contributed by atoms with Crippen molar-refractivity contribution in [3.8, 4) is 0 Å². The lowest BCUT2D eigenvalue weighted by atomic mass is 10.1. The predicted molar refractivity (Wildman–Crippen MR) is 87.9 cm³/mol. The normalized spacial score (nSPS) is 10.2. The molecule has 0 saturated heterocycles. The largest absolute Gasteiger partial charge is 0.350 e. The highest BCUT2D eigenvalue weighted by Gasteiger charge is 2.13. The Kier molecular flexibility index (Phi) is 5.46. The third-order valence-electron chi connectivity index (χ3n) is 3.40. The minimum atomic E-state index is -0.405. The van der Waals surface area contributed by atoms with Crippen LogP contribution in [-0.4, -0.2) is 24.9 Å². The van der Waals surface area contributed by atoms with Gasteiger partial charge >= 0.3 is 0 Å². The van der Waals surface area contributed by atoms with Gasteiger partial charge in [-0.1, -0.05) is 23.8 Å². The molecular weight excluding hydrogens is 295 g/mol. The van der Waals surface area contributed by atoms with Crippen molar-refractivity contribution in [3.63, 3.8) is 0 Å². The fraction of sp³-hybridized carbons (Fsp3) is 0.222. The Morgan fingerprint density at radius 3 is 2.52 bits per heavy atom. The van der Waals surface area contributed by atoms with Crippen molar-refractivity contribution < 1.29 is 14.0 Å². The number of hydrogen-bond acceptors (Lipinski definition) is 2. The third kappa shape index (κ3) is 4.64. The van der Waals surface area contributed by atoms with Crippen LogP contribution in [0.1, 0.15) is 22.8 Å². The monoisotopic (exact) mass is 314 g/mol. The zero-order valence-electron chi connectivity index (χ0n) is 13.2. The Morgan fingerprint density at radius 1 is 1.13 bits per heavy atom. The van der Waals surface area contributed by atoms with Crippen molar-refractivity contribution in [1.82, 2.24) is 5.32 Å². The number of amides is 2. The SMILES string of the molecule is CC(=O)N(CCNC(=O)c1cccc(C)c1)c1cccc(F)c1. The van der Waals surface area contributed by atoms with Crippen molar-refractivity contribution in [2.45, 2.75) is 13.8 Å². The van der Waals surface area contributed by atoms with E-state index in [0.717, 1.165) is 5.56 Å². The average molecular weight is 314 g/mol. The first-order valence-electron chi connectivity index (χ1n) is 7.36. The van der Waals surface area contributed by atoms with Crippen LogP contribution in [0.25, 0.3) is 0 Å². The molecule has 23 heavy (non-hydrogen) atoms. The number of carbonyl (C=O) groups excluding carboxylic acids is 2. The van der Waals surface area contributed by atoms with Crippen LogP contribution in [0.4, 0.5) is 10.1 Å². The summed E-state index contributed by atoms with van der Waals surface area (Å²) in [4.78, 5) is 25.2. The second-order valence-electron chi connectivity index (χ2n) is 5.28. The number of nitrogens with one attached hydrogen (secondary N) is 1. The van der Waals surface area contributed by atoms with Crippen molar-refractivity contribution in [2.24, 2.45) is 0 Å². The van der Waals surface area contributed by atoms with Gasteiger partial charge < -0.3 is 10.2 Å². The van der Waals surface area contributed by atoms with E-state index >= 15 is 0 Å². The Morgan fingerprint density at radius 2 is 1.87 bits per heavy atom. The molecule has 0 saturated carbocycles. The summed E-state index contributed by atoms with van der Waals surface area (Å²) in [7, 11) is 0. The number of anilines is 1. The first-order chi connectivity index (χ1) is 11.0. The number of rotatable bonds is 5. The minimum Gasteiger partial charge on any atom is -0.350 e. The maximum absolute atomic E-state index is 13.3. The molecule has 0 atom stereocenters. The quantitative estimate of drug-likeness (QED) is 0.922. The zero-order chi connectivity index (χ0) is 16.8. The Labute approximate surface area is 134 Å². The van der Waals surface area contributed by atoms with Gasteiger partial charge in [-0.05, 0) is 37.3 Å². The van der Waals surface area contributed by atoms with Crippen molar-refractivity contribution in [3.05, 3.63) is 65.5 Å². The summed E-state index contributed by atoms with van der Waals surface area (Å²) in [5.74, 6) is -0.811. The highest BCUT2D eigenvalue weighted by molar-refractivity contribution is 5.94. The minimum absolute atomic E-state index is 0.198. The first kappa shape index (κ1) is 16.7. The molecule has 2 amide bonds. The van der Waals surface area contributed by atoms with E-state index in [0.29, 0.717) is 11.3 Å². The van der Waals surface area contributed by atoms with Gasteiger partial charge in [0, 0.05) is 31.3 Å². The summed E-state index contributed by atoms with van der Waals surface area (Å²) in [6, 6.07) is 13.1. The van der Waals surface area contributed by atoms with Crippen LogP contribution in [0.15, 0.2) is 48.5 Å². The molecule has 120 valence electrons. The van der Waals surface area contributed by atoms with Crippen LogP contribution in [0, 0.1) is 12.7 Å². The van der Waals surface area contributed by atoms with Gasteiger partial charge in [0.15, 0.2) is 0 Å². The third-order valence-corrected chi connectivity index (χ3v) is 3.40. The molecule has 0 spiro atoms. The van der Waals surface area contributed by atoms with Crippen LogP contribution < -0.4 is 10.2 Å². The van der Waals surface area contributed by atoms with Gasteiger partial charge in [-0.3, -0.25) is 9.59 Å². The molecule has 1 N–H and O–H groups in total. The average Bonchev–Trinajstić information content (AvgIpc) is 2.51. The number of hydrogen-bond donors (Lipinski definition) is 1. The number of halogens is 1. The van der Waals surface area contributed by atoms with Gasteiger partial charge in [0.1, 0.15) is 5.82 Å². The Balaban J connectivity index is 1.97. The summed E-state index contributed by atoms with van der Waals surface area (Å²) in [6.07, 6.45) is 0.